The zero-order chi connectivity index (χ0) is 25.0. The fourth-order valence-corrected chi connectivity index (χ4v) is 5.33. The van der Waals surface area contributed by atoms with Crippen molar-refractivity contribution in [3.05, 3.63) is 35.5 Å². The molecule has 0 bridgehead atoms. The third-order valence-electron chi connectivity index (χ3n) is 6.75. The molecule has 2 aliphatic rings. The molecule has 184 valence electrons. The Hall–Kier alpha value is -2.41. The summed E-state index contributed by atoms with van der Waals surface area (Å²) in [6, 6.07) is 0. The molecule has 1 fully saturated rings. The third kappa shape index (κ3) is 6.56. The van der Waals surface area contributed by atoms with E-state index in [0.29, 0.717) is 0 Å². The van der Waals surface area contributed by atoms with E-state index in [9.17, 15) is 19.5 Å². The standard InChI is InChI=1S/C26H38O7/c1-13(2)11-23(31-17(6)27)25(32-18(7)28)16(5)21-12-22(30)15(4)20-10-9-14(3)24(20)26(21)33-19(8)29/h9,11,16,20-26,30H,4,10,12H2,1-3,5-8H3/t16?,20-,21-,22+,23?,24+,25?,26?/m0/s1. The first-order chi connectivity index (χ1) is 15.3. The molecule has 0 aliphatic heterocycles. The first-order valence-corrected chi connectivity index (χ1v) is 11.5. The van der Waals surface area contributed by atoms with Gasteiger partial charge in [-0.05, 0) is 51.2 Å². The highest BCUT2D eigenvalue weighted by molar-refractivity contribution is 5.68. The molecule has 8 atom stereocenters. The van der Waals surface area contributed by atoms with E-state index in [1.807, 2.05) is 27.7 Å². The first-order valence-electron chi connectivity index (χ1n) is 11.5. The van der Waals surface area contributed by atoms with Crippen LogP contribution in [0.2, 0.25) is 0 Å². The van der Waals surface area contributed by atoms with Crippen LogP contribution >= 0.6 is 0 Å². The molecule has 4 unspecified atom stereocenters. The lowest BCUT2D eigenvalue weighted by atomic mass is 9.74. The van der Waals surface area contributed by atoms with Crippen molar-refractivity contribution in [2.24, 2.45) is 23.7 Å². The van der Waals surface area contributed by atoms with Crippen molar-refractivity contribution in [3.63, 3.8) is 0 Å². The minimum absolute atomic E-state index is 0.0317. The van der Waals surface area contributed by atoms with Gasteiger partial charge in [0.2, 0.25) is 0 Å². The van der Waals surface area contributed by atoms with Gasteiger partial charge >= 0.3 is 17.9 Å². The molecule has 0 heterocycles. The predicted octanol–water partition coefficient (Wildman–Crippen LogP) is 3.90. The van der Waals surface area contributed by atoms with Crippen LogP contribution in [-0.2, 0) is 28.6 Å². The summed E-state index contributed by atoms with van der Waals surface area (Å²) in [4.78, 5) is 36.0. The predicted molar refractivity (Wildman–Crippen MR) is 124 cm³/mol. The summed E-state index contributed by atoms with van der Waals surface area (Å²) >= 11 is 0. The molecule has 0 aromatic carbocycles. The Kier molecular flexibility index (Phi) is 9.06. The second-order valence-corrected chi connectivity index (χ2v) is 9.63. The summed E-state index contributed by atoms with van der Waals surface area (Å²) in [7, 11) is 0. The topological polar surface area (TPSA) is 99.1 Å². The second kappa shape index (κ2) is 11.1. The minimum Gasteiger partial charge on any atom is -0.462 e. The van der Waals surface area contributed by atoms with Gasteiger partial charge in [0.15, 0.2) is 6.10 Å². The van der Waals surface area contributed by atoms with Gasteiger partial charge in [0, 0.05) is 38.5 Å². The Morgan fingerprint density at radius 1 is 1.09 bits per heavy atom. The quantitative estimate of drug-likeness (QED) is 0.348. The fourth-order valence-electron chi connectivity index (χ4n) is 5.33. The molecule has 0 aromatic heterocycles. The largest absolute Gasteiger partial charge is 0.462 e. The summed E-state index contributed by atoms with van der Waals surface area (Å²) in [5.41, 5.74) is 2.71. The molecule has 1 saturated carbocycles. The molecule has 7 heteroatoms. The van der Waals surface area contributed by atoms with Crippen molar-refractivity contribution in [2.75, 3.05) is 0 Å². The van der Waals surface area contributed by atoms with Crippen LogP contribution < -0.4 is 0 Å². The molecule has 1 N–H and O–H groups in total. The van der Waals surface area contributed by atoms with Crippen LogP contribution in [0.4, 0.5) is 0 Å². The number of hydrogen-bond acceptors (Lipinski definition) is 7. The van der Waals surface area contributed by atoms with Crippen molar-refractivity contribution in [2.45, 2.75) is 85.7 Å². The van der Waals surface area contributed by atoms with E-state index < -0.39 is 48.2 Å². The monoisotopic (exact) mass is 462 g/mol. The van der Waals surface area contributed by atoms with Crippen LogP contribution in [0.25, 0.3) is 0 Å². The first kappa shape index (κ1) is 26.8. The zero-order valence-electron chi connectivity index (χ0n) is 20.8. The van der Waals surface area contributed by atoms with Crippen LogP contribution in [0, 0.1) is 23.7 Å². The summed E-state index contributed by atoms with van der Waals surface area (Å²) in [6.45, 7) is 15.8. The maximum Gasteiger partial charge on any atom is 0.303 e. The zero-order valence-corrected chi connectivity index (χ0v) is 20.8. The molecule has 0 aromatic rings. The highest BCUT2D eigenvalue weighted by Crippen LogP contribution is 2.49. The summed E-state index contributed by atoms with van der Waals surface area (Å²) < 4.78 is 17.1. The summed E-state index contributed by atoms with van der Waals surface area (Å²) in [6.07, 6.45) is 1.89. The van der Waals surface area contributed by atoms with Gasteiger partial charge < -0.3 is 19.3 Å². The lowest BCUT2D eigenvalue weighted by Crippen LogP contribution is -2.46. The number of esters is 3. The van der Waals surface area contributed by atoms with Crippen molar-refractivity contribution >= 4 is 17.9 Å². The maximum absolute atomic E-state index is 12.1. The van der Waals surface area contributed by atoms with E-state index in [2.05, 4.69) is 12.7 Å². The Labute approximate surface area is 196 Å². The molecule has 0 radical (unpaired) electrons. The number of aliphatic hydroxyl groups is 1. The van der Waals surface area contributed by atoms with Gasteiger partial charge in [-0.3, -0.25) is 14.4 Å². The van der Waals surface area contributed by atoms with Gasteiger partial charge in [-0.15, -0.1) is 0 Å². The van der Waals surface area contributed by atoms with E-state index in [0.717, 1.165) is 23.1 Å². The minimum atomic E-state index is -0.827. The van der Waals surface area contributed by atoms with Gasteiger partial charge in [0.05, 0.1) is 6.10 Å². The van der Waals surface area contributed by atoms with Gasteiger partial charge in [0.1, 0.15) is 12.2 Å². The number of carbonyl (C=O) groups is 3. The van der Waals surface area contributed by atoms with Crippen molar-refractivity contribution in [3.8, 4) is 0 Å². The molecule has 33 heavy (non-hydrogen) atoms. The Balaban J connectivity index is 2.56. The van der Waals surface area contributed by atoms with Crippen molar-refractivity contribution < 1.29 is 33.7 Å². The number of allylic oxidation sites excluding steroid dienone is 2. The molecular formula is C26H38O7. The van der Waals surface area contributed by atoms with E-state index in [4.69, 9.17) is 14.2 Å². The molecule has 0 saturated heterocycles. The number of carbonyl (C=O) groups excluding carboxylic acids is 3. The average molecular weight is 463 g/mol. The van der Waals surface area contributed by atoms with Gasteiger partial charge in [0.25, 0.3) is 0 Å². The van der Waals surface area contributed by atoms with Crippen molar-refractivity contribution in [1.29, 1.82) is 0 Å². The highest BCUT2D eigenvalue weighted by atomic mass is 16.6. The normalized spacial score (nSPS) is 29.5. The Morgan fingerprint density at radius 3 is 2.21 bits per heavy atom. The number of ether oxygens (including phenoxy) is 3. The molecule has 2 rings (SSSR count). The average Bonchev–Trinajstić information content (AvgIpc) is 3.02. The highest BCUT2D eigenvalue weighted by Gasteiger charge is 2.50. The molecule has 2 aliphatic carbocycles. The molecule has 0 spiro atoms. The summed E-state index contributed by atoms with van der Waals surface area (Å²) in [5, 5.41) is 11.0. The molecule has 0 amide bonds. The van der Waals surface area contributed by atoms with Crippen LogP contribution in [0.15, 0.2) is 35.5 Å². The lowest BCUT2D eigenvalue weighted by molar-refractivity contribution is -0.172. The molecule has 7 nitrogen and oxygen atoms in total. The number of rotatable bonds is 7. The van der Waals surface area contributed by atoms with Gasteiger partial charge in [-0.2, -0.15) is 0 Å². The third-order valence-corrected chi connectivity index (χ3v) is 6.75. The fraction of sp³-hybridized carbons (Fsp3) is 0.654. The van der Waals surface area contributed by atoms with E-state index in [1.54, 1.807) is 6.08 Å². The van der Waals surface area contributed by atoms with Crippen LogP contribution in [0.1, 0.15) is 61.3 Å². The smallest absolute Gasteiger partial charge is 0.303 e. The SMILES string of the molecule is C=C1[C@H](O)C[C@@H](C(C)C(OC(C)=O)C(C=C(C)C)OC(C)=O)C(OC(C)=O)[C@@H]2C(C)=CC[C@@H]12. The number of fused-ring (bicyclic) bond motifs is 1. The summed E-state index contributed by atoms with van der Waals surface area (Å²) in [5.74, 6) is -2.36. The lowest BCUT2D eigenvalue weighted by Gasteiger charge is -2.39. The van der Waals surface area contributed by atoms with Crippen LogP contribution in [0.3, 0.4) is 0 Å². The van der Waals surface area contributed by atoms with E-state index in [-0.39, 0.29) is 24.2 Å². The van der Waals surface area contributed by atoms with Gasteiger partial charge in [-0.1, -0.05) is 30.7 Å². The Bertz CT molecular complexity index is 836. The Morgan fingerprint density at radius 2 is 1.70 bits per heavy atom. The van der Waals surface area contributed by atoms with Crippen molar-refractivity contribution in [1.82, 2.24) is 0 Å². The molecular weight excluding hydrogens is 424 g/mol. The number of aliphatic hydroxyl groups excluding tert-OH is 1. The maximum atomic E-state index is 12.1. The van der Waals surface area contributed by atoms with Crippen LogP contribution in [0.5, 0.6) is 0 Å². The van der Waals surface area contributed by atoms with Gasteiger partial charge in [-0.25, -0.2) is 0 Å². The number of hydrogen-bond donors (Lipinski definition) is 1. The van der Waals surface area contributed by atoms with E-state index in [1.165, 1.54) is 20.8 Å². The second-order valence-electron chi connectivity index (χ2n) is 9.63. The van der Waals surface area contributed by atoms with E-state index >= 15 is 0 Å². The van der Waals surface area contributed by atoms with Crippen LogP contribution in [-0.4, -0.2) is 47.4 Å².